The van der Waals surface area contributed by atoms with Crippen LogP contribution in [0, 0.1) is 17.3 Å². The molecule has 0 amide bonds. The maximum absolute atomic E-state index is 3.60. The summed E-state index contributed by atoms with van der Waals surface area (Å²) >= 11 is 3.60. The lowest BCUT2D eigenvalue weighted by Crippen LogP contribution is -2.29. The quantitative estimate of drug-likeness (QED) is 0.627. The predicted octanol–water partition coefficient (Wildman–Crippen LogP) is 4.09. The van der Waals surface area contributed by atoms with Crippen LogP contribution in [-0.2, 0) is 0 Å². The summed E-state index contributed by atoms with van der Waals surface area (Å²) in [4.78, 5) is 0. The molecule has 0 nitrogen and oxygen atoms in total. The highest BCUT2D eigenvalue weighted by Gasteiger charge is 2.29. The van der Waals surface area contributed by atoms with Crippen molar-refractivity contribution in [3.05, 3.63) is 0 Å². The summed E-state index contributed by atoms with van der Waals surface area (Å²) in [5.74, 6) is 1.59. The first-order chi connectivity index (χ1) is 4.98. The first kappa shape index (κ1) is 11.5. The number of hydrogen-bond donors (Lipinski definition) is 0. The van der Waals surface area contributed by atoms with Crippen LogP contribution in [0.15, 0.2) is 0 Å². The molecule has 0 aromatic heterocycles. The van der Waals surface area contributed by atoms with Crippen LogP contribution in [0.4, 0.5) is 0 Å². The average Bonchev–Trinajstić information content (AvgIpc) is 2.01. The van der Waals surface area contributed by atoms with Gasteiger partial charge in [-0.05, 0) is 23.7 Å². The molecule has 1 heteroatoms. The molecule has 0 saturated carbocycles. The van der Waals surface area contributed by atoms with Gasteiger partial charge >= 0.3 is 0 Å². The minimum atomic E-state index is 0.480. The molecule has 0 spiro atoms. The molecule has 0 aliphatic heterocycles. The fourth-order valence-corrected chi connectivity index (χ4v) is 2.25. The molecule has 0 aliphatic rings. The third-order valence-corrected chi connectivity index (χ3v) is 4.49. The molecule has 0 N–H and O–H groups in total. The molecule has 2 atom stereocenters. The van der Waals surface area contributed by atoms with Gasteiger partial charge in [0.1, 0.15) is 0 Å². The Balaban J connectivity index is 4.24. The van der Waals surface area contributed by atoms with Crippen LogP contribution >= 0.6 is 15.9 Å². The predicted molar refractivity (Wildman–Crippen MR) is 56.2 cm³/mol. The molecule has 0 rings (SSSR count). The topological polar surface area (TPSA) is 0 Å². The van der Waals surface area contributed by atoms with Crippen LogP contribution in [0.25, 0.3) is 0 Å². The van der Waals surface area contributed by atoms with E-state index in [1.165, 1.54) is 6.42 Å². The summed E-state index contributed by atoms with van der Waals surface area (Å²) in [5.41, 5.74) is 0.480. The Labute approximate surface area is 79.9 Å². The lowest BCUT2D eigenvalue weighted by atomic mass is 9.72. The zero-order valence-corrected chi connectivity index (χ0v) is 10.0. The molecule has 0 aromatic carbocycles. The lowest BCUT2D eigenvalue weighted by Gasteiger charge is -2.35. The van der Waals surface area contributed by atoms with Gasteiger partial charge in [0, 0.05) is 5.33 Å². The van der Waals surface area contributed by atoms with Crippen molar-refractivity contribution in [2.24, 2.45) is 17.3 Å². The molecule has 0 heterocycles. The van der Waals surface area contributed by atoms with Crippen LogP contribution in [0.2, 0.25) is 0 Å². The van der Waals surface area contributed by atoms with Gasteiger partial charge in [0.05, 0.1) is 0 Å². The van der Waals surface area contributed by atoms with E-state index in [0.29, 0.717) is 5.41 Å². The summed E-state index contributed by atoms with van der Waals surface area (Å²) in [6.07, 6.45) is 1.26. The molecule has 0 saturated heterocycles. The average molecular weight is 221 g/mol. The zero-order valence-electron chi connectivity index (χ0n) is 8.45. The van der Waals surface area contributed by atoms with Gasteiger partial charge in [-0.15, -0.1) is 0 Å². The summed E-state index contributed by atoms with van der Waals surface area (Å²) < 4.78 is 0. The Kier molecular flexibility index (Phi) is 4.69. The van der Waals surface area contributed by atoms with E-state index in [9.17, 15) is 0 Å². The van der Waals surface area contributed by atoms with Gasteiger partial charge in [-0.1, -0.05) is 50.5 Å². The van der Waals surface area contributed by atoms with E-state index in [-0.39, 0.29) is 0 Å². The van der Waals surface area contributed by atoms with Crippen molar-refractivity contribution in [3.63, 3.8) is 0 Å². The Morgan fingerprint density at radius 2 is 1.73 bits per heavy atom. The molecule has 0 bridgehead atoms. The van der Waals surface area contributed by atoms with Crippen molar-refractivity contribution in [1.29, 1.82) is 0 Å². The SMILES string of the molecule is CCC(C)(CBr)C(C)C(C)C. The monoisotopic (exact) mass is 220 g/mol. The van der Waals surface area contributed by atoms with Crippen molar-refractivity contribution >= 4 is 15.9 Å². The molecule has 0 radical (unpaired) electrons. The molecular weight excluding hydrogens is 200 g/mol. The van der Waals surface area contributed by atoms with E-state index in [0.717, 1.165) is 17.2 Å². The van der Waals surface area contributed by atoms with E-state index in [1.54, 1.807) is 0 Å². The standard InChI is InChI=1S/C10H21Br/c1-6-10(5,7-11)9(4)8(2)3/h8-9H,6-7H2,1-5H3. The molecule has 68 valence electrons. The van der Waals surface area contributed by atoms with E-state index < -0.39 is 0 Å². The van der Waals surface area contributed by atoms with Gasteiger partial charge in [-0.2, -0.15) is 0 Å². The molecule has 0 aliphatic carbocycles. The highest BCUT2D eigenvalue weighted by Crippen LogP contribution is 2.37. The molecule has 11 heavy (non-hydrogen) atoms. The first-order valence-corrected chi connectivity index (χ1v) is 5.66. The van der Waals surface area contributed by atoms with Gasteiger partial charge < -0.3 is 0 Å². The Hall–Kier alpha value is 0.480. The normalized spacial score (nSPS) is 19.9. The van der Waals surface area contributed by atoms with Crippen LogP contribution in [0.1, 0.15) is 41.0 Å². The number of rotatable bonds is 4. The summed E-state index contributed by atoms with van der Waals surface area (Å²) in [6.45, 7) is 11.6. The van der Waals surface area contributed by atoms with Crippen LogP contribution in [0.5, 0.6) is 0 Å². The summed E-state index contributed by atoms with van der Waals surface area (Å²) in [5, 5.41) is 1.12. The van der Waals surface area contributed by atoms with Crippen LogP contribution in [0.3, 0.4) is 0 Å². The Morgan fingerprint density at radius 3 is 1.82 bits per heavy atom. The van der Waals surface area contributed by atoms with Gasteiger partial charge in [0.25, 0.3) is 0 Å². The van der Waals surface area contributed by atoms with E-state index in [2.05, 4.69) is 50.5 Å². The second-order valence-corrected chi connectivity index (χ2v) is 4.73. The molecular formula is C10H21Br. The summed E-state index contributed by atoms with van der Waals surface area (Å²) in [6, 6.07) is 0. The van der Waals surface area contributed by atoms with Crippen molar-refractivity contribution in [1.82, 2.24) is 0 Å². The first-order valence-electron chi connectivity index (χ1n) is 4.54. The third-order valence-electron chi connectivity index (χ3n) is 3.21. The number of halogens is 1. The number of hydrogen-bond acceptors (Lipinski definition) is 0. The van der Waals surface area contributed by atoms with Crippen LogP contribution < -0.4 is 0 Å². The summed E-state index contributed by atoms with van der Waals surface area (Å²) in [7, 11) is 0. The fraction of sp³-hybridized carbons (Fsp3) is 1.00. The molecule has 2 unspecified atom stereocenters. The zero-order chi connectivity index (χ0) is 9.07. The maximum Gasteiger partial charge on any atom is 0.00878 e. The van der Waals surface area contributed by atoms with Crippen molar-refractivity contribution < 1.29 is 0 Å². The minimum Gasteiger partial charge on any atom is -0.0922 e. The Bertz CT molecular complexity index is 103. The second-order valence-electron chi connectivity index (χ2n) is 4.17. The molecule has 0 fully saturated rings. The highest BCUT2D eigenvalue weighted by molar-refractivity contribution is 9.09. The lowest BCUT2D eigenvalue weighted by molar-refractivity contribution is 0.176. The van der Waals surface area contributed by atoms with Gasteiger partial charge in [-0.25, -0.2) is 0 Å². The molecule has 0 aromatic rings. The third kappa shape index (κ3) is 2.77. The van der Waals surface area contributed by atoms with Crippen molar-refractivity contribution in [3.8, 4) is 0 Å². The van der Waals surface area contributed by atoms with Gasteiger partial charge in [0.15, 0.2) is 0 Å². The van der Waals surface area contributed by atoms with Gasteiger partial charge in [-0.3, -0.25) is 0 Å². The van der Waals surface area contributed by atoms with Crippen LogP contribution in [-0.4, -0.2) is 5.33 Å². The maximum atomic E-state index is 3.60. The van der Waals surface area contributed by atoms with E-state index >= 15 is 0 Å². The van der Waals surface area contributed by atoms with E-state index in [4.69, 9.17) is 0 Å². The van der Waals surface area contributed by atoms with E-state index in [1.807, 2.05) is 0 Å². The highest BCUT2D eigenvalue weighted by atomic mass is 79.9. The second kappa shape index (κ2) is 4.49. The largest absolute Gasteiger partial charge is 0.0922 e. The smallest absolute Gasteiger partial charge is 0.00878 e. The Morgan fingerprint density at radius 1 is 1.27 bits per heavy atom. The fourth-order valence-electron chi connectivity index (χ4n) is 1.34. The minimum absolute atomic E-state index is 0.480. The number of alkyl halides is 1. The van der Waals surface area contributed by atoms with Crippen molar-refractivity contribution in [2.45, 2.75) is 41.0 Å². The van der Waals surface area contributed by atoms with Gasteiger partial charge in [0.2, 0.25) is 0 Å². The van der Waals surface area contributed by atoms with Crippen molar-refractivity contribution in [2.75, 3.05) is 5.33 Å².